The number of nitrogens with zero attached hydrogens (tertiary/aromatic N) is 2. The molecule has 7 heteroatoms. The van der Waals surface area contributed by atoms with Crippen LogP contribution in [0, 0.1) is 0 Å². The monoisotopic (exact) mass is 298 g/mol. The molecule has 0 saturated carbocycles. The lowest BCUT2D eigenvalue weighted by Crippen LogP contribution is -2.15. The van der Waals surface area contributed by atoms with Crippen molar-refractivity contribution < 1.29 is 9.59 Å². The van der Waals surface area contributed by atoms with Gasteiger partial charge in [0.1, 0.15) is 11.6 Å². The molecule has 1 aliphatic carbocycles. The number of carbonyl (C=O) groups is 2. The number of hydrogen-bond acceptors (Lipinski definition) is 7. The molecule has 2 aromatic rings. The quantitative estimate of drug-likeness (QED) is 0.811. The summed E-state index contributed by atoms with van der Waals surface area (Å²) in [4.78, 5) is 32.6. The van der Waals surface area contributed by atoms with Crippen LogP contribution in [0.1, 0.15) is 20.7 Å². The standard InChI is InChI=1S/C14H10N4O2S/c15-11-6-12(16)18-14(17-11)21-10-5-9(19)7-3-1-2-4-8(7)13(10)20/h1-6H,(H4,15,16,17,18). The second-order valence-electron chi connectivity index (χ2n) is 4.35. The molecular weight excluding hydrogens is 288 g/mol. The number of ketones is 2. The largest absolute Gasteiger partial charge is 0.383 e. The third-order valence-corrected chi connectivity index (χ3v) is 3.76. The maximum absolute atomic E-state index is 12.4. The molecule has 0 amide bonds. The molecule has 0 bridgehead atoms. The van der Waals surface area contributed by atoms with Crippen LogP contribution in [-0.2, 0) is 0 Å². The van der Waals surface area contributed by atoms with Crippen LogP contribution in [-0.4, -0.2) is 21.5 Å². The second-order valence-corrected chi connectivity index (χ2v) is 5.36. The van der Waals surface area contributed by atoms with Crippen molar-refractivity contribution in [2.45, 2.75) is 5.16 Å². The Kier molecular flexibility index (Phi) is 3.19. The van der Waals surface area contributed by atoms with Crippen molar-refractivity contribution >= 4 is 35.0 Å². The number of nitrogen functional groups attached to an aromatic ring is 2. The average molecular weight is 298 g/mol. The Bertz CT molecular complexity index is 781. The zero-order valence-corrected chi connectivity index (χ0v) is 11.6. The smallest absolute Gasteiger partial charge is 0.200 e. The molecule has 3 rings (SSSR count). The van der Waals surface area contributed by atoms with Crippen LogP contribution in [0.2, 0.25) is 0 Å². The number of benzene rings is 1. The molecule has 0 saturated heterocycles. The first-order chi connectivity index (χ1) is 10.0. The Morgan fingerprint density at radius 3 is 2.24 bits per heavy atom. The van der Waals surface area contributed by atoms with E-state index in [2.05, 4.69) is 9.97 Å². The number of rotatable bonds is 2. The van der Waals surface area contributed by atoms with Crippen LogP contribution in [0.5, 0.6) is 0 Å². The van der Waals surface area contributed by atoms with Gasteiger partial charge in [-0.15, -0.1) is 0 Å². The van der Waals surface area contributed by atoms with Crippen LogP contribution in [0.25, 0.3) is 0 Å². The third-order valence-electron chi connectivity index (χ3n) is 2.87. The van der Waals surface area contributed by atoms with Gasteiger partial charge in [-0.2, -0.15) is 0 Å². The van der Waals surface area contributed by atoms with Crippen LogP contribution < -0.4 is 11.5 Å². The first kappa shape index (κ1) is 13.3. The summed E-state index contributed by atoms with van der Waals surface area (Å²) in [5.74, 6) is -0.0365. The molecule has 104 valence electrons. The maximum Gasteiger partial charge on any atom is 0.200 e. The zero-order chi connectivity index (χ0) is 15.0. The number of hydrogen-bond donors (Lipinski definition) is 2. The Morgan fingerprint density at radius 2 is 1.57 bits per heavy atom. The van der Waals surface area contributed by atoms with E-state index in [0.29, 0.717) is 11.1 Å². The second kappa shape index (κ2) is 5.02. The highest BCUT2D eigenvalue weighted by Gasteiger charge is 2.26. The van der Waals surface area contributed by atoms with E-state index in [1.165, 1.54) is 12.1 Å². The molecule has 0 unspecified atom stereocenters. The van der Waals surface area contributed by atoms with E-state index in [0.717, 1.165) is 11.8 Å². The van der Waals surface area contributed by atoms with Gasteiger partial charge in [0.15, 0.2) is 10.9 Å². The van der Waals surface area contributed by atoms with Gasteiger partial charge in [0.05, 0.1) is 4.91 Å². The van der Waals surface area contributed by atoms with Crippen LogP contribution >= 0.6 is 11.8 Å². The molecular formula is C14H10N4O2S. The lowest BCUT2D eigenvalue weighted by atomic mass is 9.95. The minimum absolute atomic E-state index is 0.209. The van der Waals surface area contributed by atoms with Crippen LogP contribution in [0.3, 0.4) is 0 Å². The molecule has 1 aliphatic rings. The van der Waals surface area contributed by atoms with E-state index in [1.54, 1.807) is 24.3 Å². The molecule has 0 atom stereocenters. The number of Topliss-reactive ketones (excluding diaryl/α,β-unsaturated/α-hetero) is 1. The van der Waals surface area contributed by atoms with E-state index in [4.69, 9.17) is 11.5 Å². The van der Waals surface area contributed by atoms with Crippen molar-refractivity contribution in [2.75, 3.05) is 11.5 Å². The van der Waals surface area contributed by atoms with E-state index >= 15 is 0 Å². The normalized spacial score (nSPS) is 13.8. The molecule has 1 aromatic heterocycles. The summed E-state index contributed by atoms with van der Waals surface area (Å²) < 4.78 is 0. The van der Waals surface area contributed by atoms with Crippen molar-refractivity contribution in [1.29, 1.82) is 0 Å². The maximum atomic E-state index is 12.4. The van der Waals surface area contributed by atoms with Crippen molar-refractivity contribution in [2.24, 2.45) is 0 Å². The lowest BCUT2D eigenvalue weighted by Gasteiger charge is -2.13. The number of anilines is 2. The molecule has 6 nitrogen and oxygen atoms in total. The van der Waals surface area contributed by atoms with Gasteiger partial charge in [-0.3, -0.25) is 9.59 Å². The molecule has 0 fully saturated rings. The van der Waals surface area contributed by atoms with Crippen molar-refractivity contribution in [3.8, 4) is 0 Å². The van der Waals surface area contributed by atoms with Gasteiger partial charge in [-0.25, -0.2) is 9.97 Å². The number of carbonyl (C=O) groups excluding carboxylic acids is 2. The highest BCUT2D eigenvalue weighted by atomic mass is 32.2. The Balaban J connectivity index is 1.97. The topological polar surface area (TPSA) is 112 Å². The molecule has 1 heterocycles. The predicted octanol–water partition coefficient (Wildman–Crippen LogP) is 1.70. The van der Waals surface area contributed by atoms with Gasteiger partial charge in [0, 0.05) is 23.3 Å². The van der Waals surface area contributed by atoms with E-state index in [1.807, 2.05) is 0 Å². The Hall–Kier alpha value is -2.67. The minimum Gasteiger partial charge on any atom is -0.383 e. The summed E-state index contributed by atoms with van der Waals surface area (Å²) >= 11 is 0.977. The number of nitrogens with two attached hydrogens (primary N) is 2. The first-order valence-corrected chi connectivity index (χ1v) is 6.84. The van der Waals surface area contributed by atoms with Crippen LogP contribution in [0.15, 0.2) is 46.5 Å². The summed E-state index contributed by atoms with van der Waals surface area (Å²) in [5.41, 5.74) is 12.0. The number of aromatic nitrogens is 2. The number of thioether (sulfide) groups is 1. The van der Waals surface area contributed by atoms with E-state index in [-0.39, 0.29) is 33.3 Å². The van der Waals surface area contributed by atoms with Gasteiger partial charge < -0.3 is 11.5 Å². The lowest BCUT2D eigenvalue weighted by molar-refractivity contribution is 0.0991. The highest BCUT2D eigenvalue weighted by Crippen LogP contribution is 2.32. The molecule has 4 N–H and O–H groups in total. The summed E-state index contributed by atoms with van der Waals surface area (Å²) in [6, 6.07) is 8.10. The fourth-order valence-corrected chi connectivity index (χ4v) is 2.84. The van der Waals surface area contributed by atoms with Gasteiger partial charge >= 0.3 is 0 Å². The summed E-state index contributed by atoms with van der Waals surface area (Å²) in [6.45, 7) is 0. The van der Waals surface area contributed by atoms with Gasteiger partial charge in [0.25, 0.3) is 0 Å². The van der Waals surface area contributed by atoms with E-state index in [9.17, 15) is 9.59 Å². The van der Waals surface area contributed by atoms with Crippen molar-refractivity contribution in [1.82, 2.24) is 9.97 Å². The molecule has 0 radical (unpaired) electrons. The SMILES string of the molecule is Nc1cc(N)nc(SC2=CC(=O)c3ccccc3C2=O)n1. The number of fused-ring (bicyclic) bond motifs is 1. The third kappa shape index (κ3) is 2.50. The minimum atomic E-state index is -0.236. The highest BCUT2D eigenvalue weighted by molar-refractivity contribution is 8.03. The fraction of sp³-hybridized carbons (Fsp3) is 0. The Morgan fingerprint density at radius 1 is 0.952 bits per heavy atom. The van der Waals surface area contributed by atoms with Gasteiger partial charge in [-0.05, 0) is 11.8 Å². The molecule has 1 aromatic carbocycles. The molecule has 0 spiro atoms. The summed E-state index contributed by atoms with van der Waals surface area (Å²) in [7, 11) is 0. The molecule has 0 aliphatic heterocycles. The Labute approximate surface area is 124 Å². The van der Waals surface area contributed by atoms with Crippen LogP contribution in [0.4, 0.5) is 11.6 Å². The van der Waals surface area contributed by atoms with Gasteiger partial charge in [0.2, 0.25) is 5.78 Å². The average Bonchev–Trinajstić information content (AvgIpc) is 2.43. The fourth-order valence-electron chi connectivity index (χ4n) is 1.97. The summed E-state index contributed by atoms with van der Waals surface area (Å²) in [6.07, 6.45) is 1.29. The van der Waals surface area contributed by atoms with Gasteiger partial charge in [-0.1, -0.05) is 24.3 Å². The number of allylic oxidation sites excluding steroid dienone is 2. The summed E-state index contributed by atoms with van der Waals surface area (Å²) in [5, 5.41) is 0.235. The molecule has 21 heavy (non-hydrogen) atoms. The van der Waals surface area contributed by atoms with E-state index < -0.39 is 0 Å². The first-order valence-electron chi connectivity index (χ1n) is 6.02. The zero-order valence-electron chi connectivity index (χ0n) is 10.7. The predicted molar refractivity (Wildman–Crippen MR) is 79.9 cm³/mol. The van der Waals surface area contributed by atoms with Crippen molar-refractivity contribution in [3.05, 3.63) is 52.4 Å². The van der Waals surface area contributed by atoms with Crippen molar-refractivity contribution in [3.63, 3.8) is 0 Å².